The van der Waals surface area contributed by atoms with Crippen LogP contribution in [-0.4, -0.2) is 216 Å². The summed E-state index contributed by atoms with van der Waals surface area (Å²) in [7, 11) is 9.76. The van der Waals surface area contributed by atoms with Crippen LogP contribution in [0.4, 0.5) is 13.2 Å². The number of hydrogen-bond acceptors (Lipinski definition) is 11. The molecular weight excluding hydrogens is 1250 g/mol. The number of likely N-dealkylation sites (N-methyl/N-ethyl adjacent to an activating group) is 7. The highest BCUT2D eigenvalue weighted by molar-refractivity contribution is 6.30. The molecule has 1 spiro atoms. The Balaban J connectivity index is 1.89. The van der Waals surface area contributed by atoms with Gasteiger partial charge >= 0.3 is 6.18 Å². The van der Waals surface area contributed by atoms with Gasteiger partial charge in [0.2, 0.25) is 65.0 Å². The predicted octanol–water partition coefficient (Wildman–Crippen LogP) is 6.34. The molecule has 2 aliphatic rings. The summed E-state index contributed by atoms with van der Waals surface area (Å²) in [6.07, 6.45) is -2.76. The van der Waals surface area contributed by atoms with E-state index in [9.17, 15) is 51.5 Å². The van der Waals surface area contributed by atoms with Crippen molar-refractivity contribution >= 4 is 76.6 Å². The van der Waals surface area contributed by atoms with Crippen molar-refractivity contribution < 1.29 is 65.9 Å². The van der Waals surface area contributed by atoms with Crippen LogP contribution in [0.5, 0.6) is 0 Å². The maximum Gasteiger partial charge on any atom is 0.416 e. The van der Waals surface area contributed by atoms with Gasteiger partial charge in [-0.15, -0.1) is 0 Å². The van der Waals surface area contributed by atoms with Gasteiger partial charge in [-0.25, -0.2) is 0 Å². The van der Waals surface area contributed by atoms with E-state index in [-0.39, 0.29) is 69.1 Å². The number of carbonyl (C=O) groups excluding carboxylic acids is 11. The van der Waals surface area contributed by atoms with E-state index < -0.39 is 156 Å². The van der Waals surface area contributed by atoms with Crippen LogP contribution in [0.3, 0.4) is 0 Å². The van der Waals surface area contributed by atoms with Gasteiger partial charge in [0.1, 0.15) is 41.8 Å². The summed E-state index contributed by atoms with van der Waals surface area (Å²) in [5, 5.41) is 12.1. The molecule has 4 rings (SSSR count). The quantitative estimate of drug-likeness (QED) is 0.162. The first-order chi connectivity index (χ1) is 44.2. The number of amides is 11. The first kappa shape index (κ1) is 80.1. The molecule has 2 fully saturated rings. The summed E-state index contributed by atoms with van der Waals surface area (Å²) in [6, 6.07) is 2.62. The number of nitrogens with zero attached hydrogens (tertiary/aromatic N) is 7. The zero-order chi connectivity index (χ0) is 71.7. The van der Waals surface area contributed by atoms with Gasteiger partial charge in [-0.05, 0) is 110 Å². The predicted molar refractivity (Wildman–Crippen MR) is 356 cm³/mol. The van der Waals surface area contributed by atoms with Crippen LogP contribution >= 0.6 is 11.6 Å². The molecule has 1 saturated carbocycles. The fourth-order valence-corrected chi connectivity index (χ4v) is 12.6. The Bertz CT molecular complexity index is 3000. The minimum Gasteiger partial charge on any atom is -0.351 e. The summed E-state index contributed by atoms with van der Waals surface area (Å²) < 4.78 is 41.0. The van der Waals surface area contributed by atoms with Gasteiger partial charge in [-0.1, -0.05) is 124 Å². The molecule has 0 bridgehead atoms. The molecule has 0 aromatic heterocycles. The third-order valence-corrected chi connectivity index (χ3v) is 18.5. The number of aryl methyl sites for hydroxylation is 1. The van der Waals surface area contributed by atoms with Crippen LogP contribution in [0.2, 0.25) is 5.02 Å². The zero-order valence-electron chi connectivity index (χ0n) is 58.8. The monoisotopic (exact) mass is 1360 g/mol. The number of benzene rings is 2. The number of carbonyl (C=O) groups is 11. The molecule has 11 amide bonds. The number of nitrogens with one attached hydrogen (secondary N) is 4. The highest BCUT2D eigenvalue weighted by atomic mass is 35.5. The highest BCUT2D eigenvalue weighted by Crippen LogP contribution is 2.34. The van der Waals surface area contributed by atoms with Crippen molar-refractivity contribution in [3.8, 4) is 0 Å². The van der Waals surface area contributed by atoms with Gasteiger partial charge in [0, 0.05) is 73.2 Å². The normalized spacial score (nSPS) is 23.9. The largest absolute Gasteiger partial charge is 0.416 e. The standard InChI is InChI=1S/C69H105ClF3N11O11/c1-18-45(10)59-66(94)80(13)39-57(87)78(11)40-58(88)81(14)54(36-47-23-28-49(70)29-24-47)65(93)79(12)38-55(85)75-51(30-25-46-21-26-48(27-22-46)69(71,72)73)64(92)82(15)53(35-43(6)7)62(90)77-68(31-19-20-32-68)67(95)83(16)52(34-42(4)5)61(89)74-50(33-41(2)3)37-56(86)84(17)60(44(8)9)63(91)76-59/h21-24,26-29,41-45,50-54,59-60H,18-20,25,30-40H2,1-17H3,(H,74,89)(H,75,85)(H,76,91)(H,77,90)/t45-,50+,51-,52-,53+,54-,59-,60-/m0/s1. The summed E-state index contributed by atoms with van der Waals surface area (Å²) in [4.78, 5) is 170. The number of hydrogen-bond donors (Lipinski definition) is 4. The van der Waals surface area contributed by atoms with E-state index >= 15 is 14.4 Å². The molecule has 22 nitrogen and oxygen atoms in total. The van der Waals surface area contributed by atoms with Crippen LogP contribution in [-0.2, 0) is 71.8 Å². The third kappa shape index (κ3) is 22.6. The minimum absolute atomic E-state index is 0.0336. The maximum absolute atomic E-state index is 15.3. The topological polar surface area (TPSA) is 259 Å². The van der Waals surface area contributed by atoms with Gasteiger partial charge < -0.3 is 55.6 Å². The molecule has 0 unspecified atom stereocenters. The van der Waals surface area contributed by atoms with Gasteiger partial charge in [0.15, 0.2) is 0 Å². The summed E-state index contributed by atoms with van der Waals surface area (Å²) in [5.74, 6) is -8.63. The van der Waals surface area contributed by atoms with Gasteiger partial charge in [0.25, 0.3) is 0 Å². The number of rotatable bonds is 14. The maximum atomic E-state index is 15.3. The summed E-state index contributed by atoms with van der Waals surface area (Å²) >= 11 is 6.22. The zero-order valence-corrected chi connectivity index (χ0v) is 59.5. The lowest BCUT2D eigenvalue weighted by Crippen LogP contribution is -2.64. The Kier molecular flexibility index (Phi) is 30.0. The van der Waals surface area contributed by atoms with Gasteiger partial charge in [0.05, 0.1) is 25.2 Å². The molecule has 95 heavy (non-hydrogen) atoms. The Morgan fingerprint density at radius 3 is 1.60 bits per heavy atom. The molecule has 26 heteroatoms. The fourth-order valence-electron chi connectivity index (χ4n) is 12.4. The lowest BCUT2D eigenvalue weighted by molar-refractivity contribution is -0.149. The Morgan fingerprint density at radius 1 is 0.547 bits per heavy atom. The SMILES string of the molecule is CC[C@H](C)[C@@H]1NC(=O)[C@H](C(C)C)N(C)C(=O)C[C@@H](CC(C)C)NC(=O)[C@H](CC(C)C)N(C)C(=O)C2(CCCC2)NC(=O)[C@@H](CC(C)C)N(C)C(=O)[C@H](CCc2ccc(C(F)(F)F)cc2)NC(=O)CN(C)C(=O)[C@H](Cc2ccc(Cl)cc2)N(C)C(=O)CN(C)C(=O)CN(C)C1=O. The van der Waals surface area contributed by atoms with Crippen LogP contribution in [0.15, 0.2) is 48.5 Å². The smallest absolute Gasteiger partial charge is 0.351 e. The second kappa shape index (κ2) is 35.6. The lowest BCUT2D eigenvalue weighted by Gasteiger charge is -2.39. The van der Waals surface area contributed by atoms with E-state index in [1.54, 1.807) is 45.0 Å². The van der Waals surface area contributed by atoms with Crippen LogP contribution in [0.25, 0.3) is 0 Å². The fraction of sp³-hybridized carbons (Fsp3) is 0.667. The number of halogens is 4. The second-order valence-electron chi connectivity index (χ2n) is 27.9. The Labute approximate surface area is 564 Å². The van der Waals surface area contributed by atoms with E-state index in [0.29, 0.717) is 41.8 Å². The molecule has 1 heterocycles. The van der Waals surface area contributed by atoms with Crippen LogP contribution < -0.4 is 21.3 Å². The molecular formula is C69H105ClF3N11O11. The molecule has 1 aliphatic carbocycles. The van der Waals surface area contributed by atoms with Crippen LogP contribution in [0, 0.1) is 29.6 Å². The molecule has 0 radical (unpaired) electrons. The molecule has 1 aliphatic heterocycles. The first-order valence-electron chi connectivity index (χ1n) is 33.2. The molecule has 530 valence electrons. The molecule has 4 N–H and O–H groups in total. The summed E-state index contributed by atoms with van der Waals surface area (Å²) in [6.45, 7) is 16.6. The van der Waals surface area contributed by atoms with Gasteiger partial charge in [-0.3, -0.25) is 52.7 Å². The van der Waals surface area contributed by atoms with Crippen molar-refractivity contribution in [1.29, 1.82) is 0 Å². The van der Waals surface area contributed by atoms with Crippen molar-refractivity contribution in [3.63, 3.8) is 0 Å². The lowest BCUT2D eigenvalue weighted by atomic mass is 9.91. The Hall–Kier alpha value is -7.31. The van der Waals surface area contributed by atoms with Gasteiger partial charge in [-0.2, -0.15) is 13.2 Å². The van der Waals surface area contributed by atoms with E-state index in [2.05, 4.69) is 21.3 Å². The van der Waals surface area contributed by atoms with Crippen molar-refractivity contribution in [3.05, 3.63) is 70.2 Å². The van der Waals surface area contributed by atoms with Crippen LogP contribution in [0.1, 0.15) is 150 Å². The molecule has 1 saturated heterocycles. The first-order valence-corrected chi connectivity index (χ1v) is 33.5. The van der Waals surface area contributed by atoms with Crippen molar-refractivity contribution in [2.24, 2.45) is 29.6 Å². The Morgan fingerprint density at radius 2 is 1.07 bits per heavy atom. The van der Waals surface area contributed by atoms with E-state index in [1.807, 2.05) is 48.5 Å². The molecule has 8 atom stereocenters. The second-order valence-corrected chi connectivity index (χ2v) is 28.3. The van der Waals surface area contributed by atoms with Crippen molar-refractivity contribution in [1.82, 2.24) is 55.6 Å². The average molecular weight is 1360 g/mol. The van der Waals surface area contributed by atoms with E-state index in [4.69, 9.17) is 11.6 Å². The minimum atomic E-state index is -4.63. The molecule has 2 aromatic rings. The highest BCUT2D eigenvalue weighted by Gasteiger charge is 2.49. The third-order valence-electron chi connectivity index (χ3n) is 18.3. The summed E-state index contributed by atoms with van der Waals surface area (Å²) in [5.41, 5.74) is -1.49. The average Bonchev–Trinajstić information content (AvgIpc) is 1.78. The number of alkyl halides is 3. The molecule has 2 aromatic carbocycles. The van der Waals surface area contributed by atoms with Crippen molar-refractivity contribution in [2.45, 2.75) is 200 Å². The van der Waals surface area contributed by atoms with E-state index in [1.165, 1.54) is 76.2 Å². The van der Waals surface area contributed by atoms with Crippen molar-refractivity contribution in [2.75, 3.05) is 69.0 Å². The van der Waals surface area contributed by atoms with E-state index in [0.717, 1.165) is 31.7 Å².